The van der Waals surface area contributed by atoms with Gasteiger partial charge in [-0.15, -0.1) is 0 Å². The number of hydrogen-bond acceptors (Lipinski definition) is 5. The largest absolute Gasteiger partial charge is 0.310 e. The van der Waals surface area contributed by atoms with Crippen LogP contribution in [0.4, 0.5) is 5.69 Å². The number of amides is 1. The summed E-state index contributed by atoms with van der Waals surface area (Å²) in [6, 6.07) is 25.9. The minimum atomic E-state index is -0.543. The number of hydrogen-bond donors (Lipinski definition) is 0. The lowest BCUT2D eigenvalue weighted by Gasteiger charge is -2.25. The molecule has 4 aromatic rings. The summed E-state index contributed by atoms with van der Waals surface area (Å²) in [5.74, 6) is -0.156. The predicted octanol–water partition coefficient (Wildman–Crippen LogP) is 5.53. The predicted molar refractivity (Wildman–Crippen MR) is 141 cm³/mol. The minimum absolute atomic E-state index is 0.156. The molecule has 0 fully saturated rings. The van der Waals surface area contributed by atoms with E-state index in [4.69, 9.17) is 21.8 Å². The first-order chi connectivity index (χ1) is 17.0. The molecule has 1 atom stereocenters. The standard InChI is InChI=1S/C27H23ClN4O2S/c1-19(25(33)31(17-7-16-29)22-8-3-2-4-9-22)35-27-30-24-11-6-5-10-23(24)26(34)32(27)18-20-12-14-21(28)15-13-20/h2-6,8-15,19H,7,17-18H2,1H3/t19-/m1/s1. The van der Waals surface area contributed by atoms with Crippen molar-refractivity contribution >= 4 is 45.9 Å². The van der Waals surface area contributed by atoms with Crippen molar-refractivity contribution in [3.63, 3.8) is 0 Å². The highest BCUT2D eigenvalue weighted by Crippen LogP contribution is 2.27. The van der Waals surface area contributed by atoms with Crippen molar-refractivity contribution in [3.8, 4) is 6.07 Å². The topological polar surface area (TPSA) is 79.0 Å². The van der Waals surface area contributed by atoms with Gasteiger partial charge in [-0.3, -0.25) is 14.2 Å². The number of para-hydroxylation sites is 2. The zero-order valence-corrected chi connectivity index (χ0v) is 20.7. The maximum Gasteiger partial charge on any atom is 0.262 e. The number of nitrogens with zero attached hydrogens (tertiary/aromatic N) is 4. The van der Waals surface area contributed by atoms with Gasteiger partial charge in [0.2, 0.25) is 5.91 Å². The molecular weight excluding hydrogens is 480 g/mol. The molecule has 0 unspecified atom stereocenters. The number of fused-ring (bicyclic) bond motifs is 1. The molecular formula is C27H23ClN4O2S. The van der Waals surface area contributed by atoms with Gasteiger partial charge in [0.25, 0.3) is 5.56 Å². The van der Waals surface area contributed by atoms with Gasteiger partial charge in [0.05, 0.1) is 35.2 Å². The first-order valence-electron chi connectivity index (χ1n) is 11.1. The Bertz CT molecular complexity index is 1430. The molecule has 8 heteroatoms. The maximum atomic E-state index is 13.5. The summed E-state index contributed by atoms with van der Waals surface area (Å²) >= 11 is 7.27. The van der Waals surface area contributed by atoms with Crippen LogP contribution < -0.4 is 10.5 Å². The van der Waals surface area contributed by atoms with Gasteiger partial charge in [-0.05, 0) is 48.9 Å². The van der Waals surface area contributed by atoms with Gasteiger partial charge in [0.15, 0.2) is 5.16 Å². The number of carbonyl (C=O) groups is 1. The number of benzene rings is 3. The summed E-state index contributed by atoms with van der Waals surface area (Å²) in [7, 11) is 0. The summed E-state index contributed by atoms with van der Waals surface area (Å²) < 4.78 is 1.60. The molecule has 0 aliphatic carbocycles. The fraction of sp³-hybridized carbons (Fsp3) is 0.185. The lowest BCUT2D eigenvalue weighted by atomic mass is 10.2. The third-order valence-corrected chi connectivity index (χ3v) is 6.82. The summed E-state index contributed by atoms with van der Waals surface area (Å²) in [6.45, 7) is 2.38. The van der Waals surface area contributed by atoms with Crippen molar-refractivity contribution in [1.29, 1.82) is 5.26 Å². The summed E-state index contributed by atoms with van der Waals surface area (Å²) in [5, 5.41) is 10.1. The van der Waals surface area contributed by atoms with Gasteiger partial charge >= 0.3 is 0 Å². The number of nitriles is 1. The molecule has 0 aliphatic heterocycles. The third-order valence-electron chi connectivity index (χ3n) is 5.49. The number of thioether (sulfide) groups is 1. The fourth-order valence-electron chi connectivity index (χ4n) is 3.71. The van der Waals surface area contributed by atoms with Crippen molar-refractivity contribution in [1.82, 2.24) is 9.55 Å². The molecule has 1 aromatic heterocycles. The Hall–Kier alpha value is -3.60. The van der Waals surface area contributed by atoms with Gasteiger partial charge in [-0.1, -0.05) is 65.8 Å². The normalized spacial score (nSPS) is 11.7. The first kappa shape index (κ1) is 24.5. The number of carbonyl (C=O) groups excluding carboxylic acids is 1. The third kappa shape index (κ3) is 5.73. The molecule has 0 spiro atoms. The second-order valence-electron chi connectivity index (χ2n) is 7.92. The Morgan fingerprint density at radius 1 is 1.09 bits per heavy atom. The van der Waals surface area contributed by atoms with Crippen molar-refractivity contribution in [2.24, 2.45) is 0 Å². The SMILES string of the molecule is C[C@@H](Sc1nc2ccccc2c(=O)n1Cc1ccc(Cl)cc1)C(=O)N(CCC#N)c1ccccc1. The van der Waals surface area contributed by atoms with Crippen molar-refractivity contribution in [2.75, 3.05) is 11.4 Å². The van der Waals surface area contributed by atoms with Crippen LogP contribution in [-0.4, -0.2) is 27.3 Å². The molecule has 0 bridgehead atoms. The van der Waals surface area contributed by atoms with Crippen LogP contribution in [0, 0.1) is 11.3 Å². The van der Waals surface area contributed by atoms with E-state index in [1.165, 1.54) is 11.8 Å². The van der Waals surface area contributed by atoms with Gasteiger partial charge in [0.1, 0.15) is 0 Å². The van der Waals surface area contributed by atoms with E-state index in [0.717, 1.165) is 11.3 Å². The minimum Gasteiger partial charge on any atom is -0.310 e. The van der Waals surface area contributed by atoms with E-state index < -0.39 is 5.25 Å². The van der Waals surface area contributed by atoms with E-state index in [2.05, 4.69) is 6.07 Å². The fourth-order valence-corrected chi connectivity index (χ4v) is 4.81. The number of rotatable bonds is 8. The Labute approximate surface area is 212 Å². The van der Waals surface area contributed by atoms with E-state index in [-0.39, 0.29) is 24.4 Å². The molecule has 6 nitrogen and oxygen atoms in total. The van der Waals surface area contributed by atoms with Crippen molar-refractivity contribution < 1.29 is 4.79 Å². The summed E-state index contributed by atoms with van der Waals surface area (Å²) in [4.78, 5) is 33.3. The van der Waals surface area contributed by atoms with Crippen LogP contribution in [0.25, 0.3) is 10.9 Å². The first-order valence-corrected chi connectivity index (χ1v) is 12.4. The van der Waals surface area contributed by atoms with Crippen LogP contribution in [0.2, 0.25) is 5.02 Å². The van der Waals surface area contributed by atoms with Gasteiger partial charge in [-0.2, -0.15) is 5.26 Å². The second-order valence-corrected chi connectivity index (χ2v) is 9.67. The van der Waals surface area contributed by atoms with Gasteiger partial charge < -0.3 is 4.90 Å². The molecule has 176 valence electrons. The Morgan fingerprint density at radius 2 is 1.77 bits per heavy atom. The average molecular weight is 503 g/mol. The lowest BCUT2D eigenvalue weighted by Crippen LogP contribution is -2.37. The van der Waals surface area contributed by atoms with E-state index in [9.17, 15) is 9.59 Å². The highest BCUT2D eigenvalue weighted by Gasteiger charge is 2.25. The summed E-state index contributed by atoms with van der Waals surface area (Å²) in [5.41, 5.74) is 2.04. The van der Waals surface area contributed by atoms with E-state index in [0.29, 0.717) is 27.6 Å². The van der Waals surface area contributed by atoms with Gasteiger partial charge in [-0.25, -0.2) is 4.98 Å². The van der Waals surface area contributed by atoms with E-state index in [1.807, 2.05) is 54.6 Å². The van der Waals surface area contributed by atoms with Crippen LogP contribution in [-0.2, 0) is 11.3 Å². The molecule has 1 amide bonds. The second kappa shape index (κ2) is 11.2. The Balaban J connectivity index is 1.70. The number of anilines is 1. The lowest BCUT2D eigenvalue weighted by molar-refractivity contribution is -0.117. The zero-order chi connectivity index (χ0) is 24.8. The highest BCUT2D eigenvalue weighted by molar-refractivity contribution is 8.00. The van der Waals surface area contributed by atoms with Gasteiger partial charge in [0, 0.05) is 17.3 Å². The molecule has 1 heterocycles. The molecule has 3 aromatic carbocycles. The van der Waals surface area contributed by atoms with Crippen LogP contribution in [0.15, 0.2) is 88.8 Å². The zero-order valence-electron chi connectivity index (χ0n) is 19.1. The van der Waals surface area contributed by atoms with Crippen LogP contribution in [0.3, 0.4) is 0 Å². The smallest absolute Gasteiger partial charge is 0.262 e. The van der Waals surface area contributed by atoms with Crippen molar-refractivity contribution in [3.05, 3.63) is 99.8 Å². The molecule has 4 rings (SSSR count). The molecule has 35 heavy (non-hydrogen) atoms. The van der Waals surface area contributed by atoms with Crippen LogP contribution in [0.1, 0.15) is 18.9 Å². The molecule has 0 saturated heterocycles. The summed E-state index contributed by atoms with van der Waals surface area (Å²) in [6.07, 6.45) is 0.216. The number of halogens is 1. The van der Waals surface area contributed by atoms with Crippen LogP contribution >= 0.6 is 23.4 Å². The average Bonchev–Trinajstić information content (AvgIpc) is 2.88. The van der Waals surface area contributed by atoms with E-state index >= 15 is 0 Å². The monoisotopic (exact) mass is 502 g/mol. The molecule has 0 saturated carbocycles. The molecule has 0 N–H and O–H groups in total. The Kier molecular flexibility index (Phi) is 7.86. The van der Waals surface area contributed by atoms with Crippen molar-refractivity contribution in [2.45, 2.75) is 30.3 Å². The number of aromatic nitrogens is 2. The van der Waals surface area contributed by atoms with E-state index in [1.54, 1.807) is 40.7 Å². The Morgan fingerprint density at radius 3 is 2.49 bits per heavy atom. The van der Waals surface area contributed by atoms with Crippen LogP contribution in [0.5, 0.6) is 0 Å². The quantitative estimate of drug-likeness (QED) is 0.234. The highest BCUT2D eigenvalue weighted by atomic mass is 35.5. The molecule has 0 aliphatic rings. The molecule has 0 radical (unpaired) electrons. The maximum absolute atomic E-state index is 13.5.